The van der Waals surface area contributed by atoms with Gasteiger partial charge in [0.05, 0.1) is 5.69 Å². The van der Waals surface area contributed by atoms with Crippen molar-refractivity contribution < 1.29 is 4.79 Å². The molecule has 1 saturated heterocycles. The second-order valence-electron chi connectivity index (χ2n) is 12.0. The molecule has 4 rings (SSSR count). The molecule has 0 aromatic heterocycles. The van der Waals surface area contributed by atoms with Crippen LogP contribution in [0.3, 0.4) is 0 Å². The molecule has 33 heavy (non-hydrogen) atoms. The Morgan fingerprint density at radius 1 is 0.848 bits per heavy atom. The van der Waals surface area contributed by atoms with Crippen molar-refractivity contribution in [1.82, 2.24) is 0 Å². The van der Waals surface area contributed by atoms with E-state index < -0.39 is 5.41 Å². The first-order chi connectivity index (χ1) is 15.4. The van der Waals surface area contributed by atoms with Crippen molar-refractivity contribution in [2.75, 3.05) is 4.90 Å². The zero-order valence-corrected chi connectivity index (χ0v) is 22.0. The van der Waals surface area contributed by atoms with Crippen molar-refractivity contribution in [2.45, 2.75) is 92.5 Å². The van der Waals surface area contributed by atoms with Gasteiger partial charge in [-0.2, -0.15) is 0 Å². The van der Waals surface area contributed by atoms with Crippen LogP contribution in [-0.2, 0) is 4.79 Å². The molecule has 1 aliphatic carbocycles. The molecule has 2 heteroatoms. The van der Waals surface area contributed by atoms with Crippen LogP contribution < -0.4 is 4.90 Å². The van der Waals surface area contributed by atoms with Crippen molar-refractivity contribution in [3.05, 3.63) is 70.8 Å². The Hall–Kier alpha value is -2.35. The van der Waals surface area contributed by atoms with Gasteiger partial charge in [-0.15, -0.1) is 0 Å². The predicted molar refractivity (Wildman–Crippen MR) is 141 cm³/mol. The fraction of sp³-hybridized carbons (Fsp3) is 0.516. The van der Waals surface area contributed by atoms with Crippen LogP contribution in [0.5, 0.6) is 0 Å². The SMILES string of the molecule is CCC1=C(c2ccccc2)[C@@]12N(c1c(C(C)C)cccc1C(C)C)C(=O)C(C)(C)CC2(C)C. The summed E-state index contributed by atoms with van der Waals surface area (Å²) in [6.07, 6.45) is 1.83. The van der Waals surface area contributed by atoms with Gasteiger partial charge in [-0.3, -0.25) is 9.69 Å². The summed E-state index contributed by atoms with van der Waals surface area (Å²) < 4.78 is 0. The lowest BCUT2D eigenvalue weighted by molar-refractivity contribution is -0.133. The Labute approximate surface area is 201 Å². The quantitative estimate of drug-likeness (QED) is 0.455. The van der Waals surface area contributed by atoms with E-state index in [0.29, 0.717) is 11.8 Å². The van der Waals surface area contributed by atoms with Crippen LogP contribution >= 0.6 is 0 Å². The van der Waals surface area contributed by atoms with Crippen LogP contribution in [-0.4, -0.2) is 11.4 Å². The van der Waals surface area contributed by atoms with Gasteiger partial charge < -0.3 is 0 Å². The molecule has 2 nitrogen and oxygen atoms in total. The molecule has 0 radical (unpaired) electrons. The highest BCUT2D eigenvalue weighted by molar-refractivity contribution is 6.12. The van der Waals surface area contributed by atoms with Gasteiger partial charge in [0.1, 0.15) is 5.54 Å². The van der Waals surface area contributed by atoms with E-state index in [9.17, 15) is 4.79 Å². The summed E-state index contributed by atoms with van der Waals surface area (Å²) in [5.41, 5.74) is 6.89. The molecule has 0 unspecified atom stereocenters. The summed E-state index contributed by atoms with van der Waals surface area (Å²) in [5, 5.41) is 0. The van der Waals surface area contributed by atoms with Crippen LogP contribution in [0.15, 0.2) is 54.1 Å². The lowest BCUT2D eigenvalue weighted by Gasteiger charge is -2.56. The molecular weight excluding hydrogens is 402 g/mol. The minimum Gasteiger partial charge on any atom is -0.297 e. The third-order valence-corrected chi connectivity index (χ3v) is 8.00. The number of hydrogen-bond donors (Lipinski definition) is 0. The maximum Gasteiger partial charge on any atom is 0.233 e. The van der Waals surface area contributed by atoms with Gasteiger partial charge in [-0.25, -0.2) is 0 Å². The van der Waals surface area contributed by atoms with Gasteiger partial charge in [0.15, 0.2) is 0 Å². The largest absolute Gasteiger partial charge is 0.297 e. The first-order valence-corrected chi connectivity index (χ1v) is 12.7. The summed E-state index contributed by atoms with van der Waals surface area (Å²) >= 11 is 0. The predicted octanol–water partition coefficient (Wildman–Crippen LogP) is 8.34. The minimum absolute atomic E-state index is 0.0841. The maximum absolute atomic E-state index is 14.5. The van der Waals surface area contributed by atoms with Crippen LogP contribution in [0.1, 0.15) is 104 Å². The first kappa shape index (κ1) is 23.8. The minimum atomic E-state index is -0.420. The normalized spacial score (nSPS) is 23.7. The maximum atomic E-state index is 14.5. The van der Waals surface area contributed by atoms with E-state index in [1.165, 1.54) is 27.8 Å². The number of para-hydroxylation sites is 1. The Morgan fingerprint density at radius 2 is 1.39 bits per heavy atom. The zero-order chi connectivity index (χ0) is 24.3. The molecule has 0 N–H and O–H groups in total. The summed E-state index contributed by atoms with van der Waals surface area (Å²) in [7, 11) is 0. The summed E-state index contributed by atoms with van der Waals surface area (Å²) in [4.78, 5) is 16.8. The van der Waals surface area contributed by atoms with E-state index in [2.05, 4.69) is 116 Å². The Kier molecular flexibility index (Phi) is 5.67. The van der Waals surface area contributed by atoms with E-state index in [0.717, 1.165) is 18.5 Å². The molecular formula is C31H41NO. The smallest absolute Gasteiger partial charge is 0.233 e. The molecule has 2 aromatic rings. The molecule has 1 fully saturated rings. The van der Waals surface area contributed by atoms with Crippen molar-refractivity contribution >= 4 is 17.2 Å². The average Bonchev–Trinajstić information content (AvgIpc) is 3.43. The summed E-state index contributed by atoms with van der Waals surface area (Å²) in [5.74, 6) is 0.926. The number of carbonyl (C=O) groups excluding carboxylic acids is 1. The van der Waals surface area contributed by atoms with Crippen LogP contribution in [0.25, 0.3) is 5.57 Å². The second-order valence-corrected chi connectivity index (χ2v) is 12.0. The molecule has 0 bridgehead atoms. The van der Waals surface area contributed by atoms with E-state index in [1.54, 1.807) is 0 Å². The van der Waals surface area contributed by atoms with Gasteiger partial charge in [0.2, 0.25) is 5.91 Å². The number of benzene rings is 2. The van der Waals surface area contributed by atoms with Gasteiger partial charge >= 0.3 is 0 Å². The molecule has 0 saturated carbocycles. The van der Waals surface area contributed by atoms with E-state index in [4.69, 9.17) is 0 Å². The van der Waals surface area contributed by atoms with E-state index in [-0.39, 0.29) is 16.9 Å². The monoisotopic (exact) mass is 443 g/mol. The molecule has 1 spiro atoms. The third-order valence-electron chi connectivity index (χ3n) is 8.00. The standard InChI is InChI=1S/C31H41NO/c1-10-25-26(22-15-12-11-13-16-22)31(25)30(8,9)19-29(6,7)28(33)32(31)27-23(20(2)3)17-14-18-24(27)21(4)5/h11-18,20-21H,10,19H2,1-9H3/t31-/m0/s1. The van der Waals surface area contributed by atoms with Gasteiger partial charge in [0.25, 0.3) is 0 Å². The highest BCUT2D eigenvalue weighted by Gasteiger charge is 2.71. The highest BCUT2D eigenvalue weighted by Crippen LogP contribution is 2.70. The molecule has 2 aromatic carbocycles. The molecule has 2 aliphatic rings. The average molecular weight is 444 g/mol. The van der Waals surface area contributed by atoms with E-state index >= 15 is 0 Å². The number of hydrogen-bond acceptors (Lipinski definition) is 1. The molecule has 1 amide bonds. The molecule has 176 valence electrons. The number of carbonyl (C=O) groups is 1. The number of rotatable bonds is 5. The Balaban J connectivity index is 2.07. The third kappa shape index (κ3) is 3.32. The number of nitrogens with zero attached hydrogens (tertiary/aromatic N) is 1. The summed E-state index contributed by atoms with van der Waals surface area (Å²) in [6, 6.07) is 17.4. The number of anilines is 1. The van der Waals surface area contributed by atoms with Gasteiger partial charge in [0, 0.05) is 5.41 Å². The van der Waals surface area contributed by atoms with Gasteiger partial charge in [-0.1, -0.05) is 111 Å². The van der Waals surface area contributed by atoms with Gasteiger partial charge in [-0.05, 0) is 57.9 Å². The Bertz CT molecular complexity index is 1080. The number of piperidine rings is 1. The molecule has 1 atom stereocenters. The molecule has 1 heterocycles. The van der Waals surface area contributed by atoms with Crippen molar-refractivity contribution in [2.24, 2.45) is 10.8 Å². The molecule has 1 aliphatic heterocycles. The lowest BCUT2D eigenvalue weighted by atomic mass is 9.61. The topological polar surface area (TPSA) is 20.3 Å². The zero-order valence-electron chi connectivity index (χ0n) is 22.0. The van der Waals surface area contributed by atoms with Crippen molar-refractivity contribution in [3.8, 4) is 0 Å². The van der Waals surface area contributed by atoms with Crippen LogP contribution in [0.2, 0.25) is 0 Å². The fourth-order valence-electron chi connectivity index (χ4n) is 6.84. The lowest BCUT2D eigenvalue weighted by Crippen LogP contribution is -2.64. The van der Waals surface area contributed by atoms with Crippen molar-refractivity contribution in [1.29, 1.82) is 0 Å². The fourth-order valence-corrected chi connectivity index (χ4v) is 6.84. The van der Waals surface area contributed by atoms with E-state index in [1.807, 2.05) is 0 Å². The van der Waals surface area contributed by atoms with Crippen LogP contribution in [0.4, 0.5) is 5.69 Å². The Morgan fingerprint density at radius 3 is 1.88 bits per heavy atom. The van der Waals surface area contributed by atoms with Crippen LogP contribution in [0, 0.1) is 10.8 Å². The van der Waals surface area contributed by atoms with Crippen molar-refractivity contribution in [3.63, 3.8) is 0 Å². The highest BCUT2D eigenvalue weighted by atomic mass is 16.2. The number of amides is 1. The second kappa shape index (κ2) is 7.86. The summed E-state index contributed by atoms with van der Waals surface area (Å²) in [6.45, 7) is 20.3. The first-order valence-electron chi connectivity index (χ1n) is 12.7.